The molecule has 9 heteroatoms. The Labute approximate surface area is 192 Å². The van der Waals surface area contributed by atoms with Crippen LogP contribution in [0.4, 0.5) is 4.39 Å². The lowest BCUT2D eigenvalue weighted by Gasteiger charge is -2.10. The molecule has 0 fully saturated rings. The van der Waals surface area contributed by atoms with Gasteiger partial charge in [0.05, 0.1) is 18.8 Å². The van der Waals surface area contributed by atoms with Crippen molar-refractivity contribution < 1.29 is 13.5 Å². The molecule has 0 saturated carbocycles. The average Bonchev–Trinajstić information content (AvgIpc) is 3.03. The van der Waals surface area contributed by atoms with E-state index in [9.17, 15) is 4.39 Å². The summed E-state index contributed by atoms with van der Waals surface area (Å²) in [4.78, 5) is 13.2. The van der Waals surface area contributed by atoms with Gasteiger partial charge in [0.1, 0.15) is 17.3 Å². The number of oxazole rings is 1. The van der Waals surface area contributed by atoms with Crippen molar-refractivity contribution >= 4 is 29.9 Å². The van der Waals surface area contributed by atoms with E-state index in [0.717, 1.165) is 23.6 Å². The SMILES string of the molecule is CCNC(=NCc1ccc(Oc2cccc(F)c2)nc1)NCc1nc(C)c(C)o1.I. The molecule has 3 aromatic rings. The van der Waals surface area contributed by atoms with Gasteiger partial charge in [-0.2, -0.15) is 0 Å². The van der Waals surface area contributed by atoms with Crippen LogP contribution in [-0.4, -0.2) is 22.5 Å². The molecule has 0 bridgehead atoms. The van der Waals surface area contributed by atoms with Crippen molar-refractivity contribution in [2.24, 2.45) is 4.99 Å². The van der Waals surface area contributed by atoms with Gasteiger partial charge in [-0.05, 0) is 38.5 Å². The molecule has 0 spiro atoms. The van der Waals surface area contributed by atoms with Crippen LogP contribution in [-0.2, 0) is 13.1 Å². The van der Waals surface area contributed by atoms with Crippen LogP contribution < -0.4 is 15.4 Å². The van der Waals surface area contributed by atoms with Gasteiger partial charge in [0.25, 0.3) is 0 Å². The Kier molecular flexibility index (Phi) is 9.03. The first-order valence-electron chi connectivity index (χ1n) is 9.37. The van der Waals surface area contributed by atoms with Gasteiger partial charge >= 0.3 is 0 Å². The fraction of sp³-hybridized carbons (Fsp3) is 0.286. The quantitative estimate of drug-likeness (QED) is 0.269. The molecule has 160 valence electrons. The largest absolute Gasteiger partial charge is 0.444 e. The molecule has 0 atom stereocenters. The van der Waals surface area contributed by atoms with Crippen LogP contribution in [0.3, 0.4) is 0 Å². The molecule has 3 rings (SSSR count). The third kappa shape index (κ3) is 6.97. The van der Waals surface area contributed by atoms with Crippen molar-refractivity contribution in [1.82, 2.24) is 20.6 Å². The number of pyridine rings is 1. The Bertz CT molecular complexity index is 956. The minimum Gasteiger partial charge on any atom is -0.444 e. The van der Waals surface area contributed by atoms with E-state index >= 15 is 0 Å². The molecule has 2 heterocycles. The van der Waals surface area contributed by atoms with Crippen molar-refractivity contribution in [2.75, 3.05) is 6.54 Å². The molecule has 0 radical (unpaired) electrons. The Morgan fingerprint density at radius 3 is 2.67 bits per heavy atom. The van der Waals surface area contributed by atoms with Crippen LogP contribution in [0.5, 0.6) is 11.6 Å². The molecule has 2 N–H and O–H groups in total. The number of aliphatic imine (C=N–C) groups is 1. The monoisotopic (exact) mass is 525 g/mol. The molecule has 0 aliphatic rings. The predicted molar refractivity (Wildman–Crippen MR) is 124 cm³/mol. The third-order valence-corrected chi connectivity index (χ3v) is 4.06. The minimum atomic E-state index is -0.355. The lowest BCUT2D eigenvalue weighted by Crippen LogP contribution is -2.36. The zero-order chi connectivity index (χ0) is 20.6. The van der Waals surface area contributed by atoms with Gasteiger partial charge < -0.3 is 19.8 Å². The number of halogens is 2. The van der Waals surface area contributed by atoms with E-state index in [0.29, 0.717) is 36.6 Å². The highest BCUT2D eigenvalue weighted by atomic mass is 127. The van der Waals surface area contributed by atoms with Crippen LogP contribution in [0.25, 0.3) is 0 Å². The Morgan fingerprint density at radius 2 is 2.03 bits per heavy atom. The topological polar surface area (TPSA) is 84.6 Å². The molecule has 0 aliphatic heterocycles. The summed E-state index contributed by atoms with van der Waals surface area (Å²) in [6.45, 7) is 7.41. The Morgan fingerprint density at radius 1 is 1.20 bits per heavy atom. The molecule has 0 amide bonds. The number of nitrogens with one attached hydrogen (secondary N) is 2. The van der Waals surface area contributed by atoms with Gasteiger partial charge in [-0.25, -0.2) is 19.4 Å². The summed E-state index contributed by atoms with van der Waals surface area (Å²) in [6.07, 6.45) is 1.68. The van der Waals surface area contributed by atoms with Crippen molar-refractivity contribution in [3.8, 4) is 11.6 Å². The number of rotatable bonds is 7. The minimum absolute atomic E-state index is 0. The first-order chi connectivity index (χ1) is 14.0. The number of aromatic nitrogens is 2. The van der Waals surface area contributed by atoms with E-state index in [2.05, 4.69) is 25.6 Å². The lowest BCUT2D eigenvalue weighted by molar-refractivity contribution is 0.457. The number of hydrogen-bond donors (Lipinski definition) is 2. The van der Waals surface area contributed by atoms with Crippen LogP contribution in [0.2, 0.25) is 0 Å². The predicted octanol–water partition coefficient (Wildman–Crippen LogP) is 4.49. The van der Waals surface area contributed by atoms with Crippen LogP contribution in [0.1, 0.15) is 29.8 Å². The van der Waals surface area contributed by atoms with E-state index in [1.54, 1.807) is 24.4 Å². The molecule has 0 aliphatic carbocycles. The average molecular weight is 525 g/mol. The Hall–Kier alpha value is -2.69. The Balaban J connectivity index is 0.00000320. The first kappa shape index (κ1) is 23.6. The van der Waals surface area contributed by atoms with Gasteiger partial charge in [-0.1, -0.05) is 12.1 Å². The summed E-state index contributed by atoms with van der Waals surface area (Å²) >= 11 is 0. The lowest BCUT2D eigenvalue weighted by atomic mass is 10.3. The highest BCUT2D eigenvalue weighted by Crippen LogP contribution is 2.20. The van der Waals surface area contributed by atoms with Crippen LogP contribution >= 0.6 is 24.0 Å². The van der Waals surface area contributed by atoms with Gasteiger partial charge in [-0.15, -0.1) is 24.0 Å². The number of nitrogens with zero attached hydrogens (tertiary/aromatic N) is 3. The molecule has 7 nitrogen and oxygen atoms in total. The summed E-state index contributed by atoms with van der Waals surface area (Å²) in [5.74, 6) is 2.52. The maximum Gasteiger partial charge on any atom is 0.219 e. The zero-order valence-corrected chi connectivity index (χ0v) is 19.4. The molecule has 0 unspecified atom stereocenters. The number of ether oxygens (including phenoxy) is 1. The van der Waals surface area contributed by atoms with Crippen molar-refractivity contribution in [2.45, 2.75) is 33.9 Å². The van der Waals surface area contributed by atoms with Gasteiger partial charge in [0.15, 0.2) is 5.96 Å². The van der Waals surface area contributed by atoms with Crippen molar-refractivity contribution in [3.63, 3.8) is 0 Å². The molecular weight excluding hydrogens is 500 g/mol. The standard InChI is InChI=1S/C21H24FN5O2.HI/c1-4-23-21(26-13-20-27-14(2)15(3)28-20)25-12-16-8-9-19(24-11-16)29-18-7-5-6-17(22)10-18;/h5-11H,4,12-13H2,1-3H3,(H2,23,25,26);1H. The highest BCUT2D eigenvalue weighted by Gasteiger charge is 2.07. The van der Waals surface area contributed by atoms with E-state index < -0.39 is 0 Å². The van der Waals surface area contributed by atoms with Crippen LogP contribution in [0, 0.1) is 19.7 Å². The van der Waals surface area contributed by atoms with Crippen molar-refractivity contribution in [3.05, 3.63) is 71.3 Å². The van der Waals surface area contributed by atoms with E-state index in [1.165, 1.54) is 12.1 Å². The zero-order valence-electron chi connectivity index (χ0n) is 17.1. The third-order valence-electron chi connectivity index (χ3n) is 4.06. The smallest absolute Gasteiger partial charge is 0.219 e. The number of aryl methyl sites for hydroxylation is 2. The molecule has 2 aromatic heterocycles. The maximum atomic E-state index is 13.2. The number of benzene rings is 1. The van der Waals surface area contributed by atoms with Gasteiger partial charge in [-0.3, -0.25) is 0 Å². The van der Waals surface area contributed by atoms with Crippen LogP contribution in [0.15, 0.2) is 52.0 Å². The van der Waals surface area contributed by atoms with E-state index in [1.807, 2.05) is 26.8 Å². The fourth-order valence-electron chi connectivity index (χ4n) is 2.50. The second kappa shape index (κ2) is 11.5. The summed E-state index contributed by atoms with van der Waals surface area (Å²) in [6, 6.07) is 9.54. The number of guanidine groups is 1. The molecule has 1 aromatic carbocycles. The normalized spacial score (nSPS) is 11.0. The van der Waals surface area contributed by atoms with Crippen molar-refractivity contribution in [1.29, 1.82) is 0 Å². The van der Waals surface area contributed by atoms with Gasteiger partial charge in [0.2, 0.25) is 11.8 Å². The number of hydrogen-bond acceptors (Lipinski definition) is 5. The van der Waals surface area contributed by atoms with E-state index in [-0.39, 0.29) is 29.8 Å². The molecular formula is C21H25FIN5O2. The van der Waals surface area contributed by atoms with Gasteiger partial charge in [0, 0.05) is 24.9 Å². The summed E-state index contributed by atoms with van der Waals surface area (Å²) in [5.41, 5.74) is 1.80. The van der Waals surface area contributed by atoms with E-state index in [4.69, 9.17) is 9.15 Å². The summed E-state index contributed by atoms with van der Waals surface area (Å²) in [5, 5.41) is 6.38. The highest BCUT2D eigenvalue weighted by molar-refractivity contribution is 14.0. The maximum absolute atomic E-state index is 13.2. The first-order valence-corrected chi connectivity index (χ1v) is 9.37. The fourth-order valence-corrected chi connectivity index (χ4v) is 2.50. The molecule has 0 saturated heterocycles. The summed E-state index contributed by atoms with van der Waals surface area (Å²) in [7, 11) is 0. The molecule has 30 heavy (non-hydrogen) atoms. The summed E-state index contributed by atoms with van der Waals surface area (Å²) < 4.78 is 24.3. The second-order valence-electron chi connectivity index (χ2n) is 6.36. The second-order valence-corrected chi connectivity index (χ2v) is 6.36.